The highest BCUT2D eigenvalue weighted by molar-refractivity contribution is 5.61. The highest BCUT2D eigenvalue weighted by Crippen LogP contribution is 2.26. The van der Waals surface area contributed by atoms with Crippen LogP contribution in [-0.4, -0.2) is 52.7 Å². The van der Waals surface area contributed by atoms with Gasteiger partial charge in [-0.25, -0.2) is 15.0 Å². The van der Waals surface area contributed by atoms with E-state index in [1.165, 1.54) is 0 Å². The quantitative estimate of drug-likeness (QED) is 0.679. The Balaban J connectivity index is 1.53. The molecule has 0 spiro atoms. The van der Waals surface area contributed by atoms with E-state index in [-0.39, 0.29) is 0 Å². The van der Waals surface area contributed by atoms with E-state index in [9.17, 15) is 0 Å². The Hall–Kier alpha value is -3.22. The van der Waals surface area contributed by atoms with Crippen LogP contribution >= 0.6 is 0 Å². The Labute approximate surface area is 165 Å². The van der Waals surface area contributed by atoms with Crippen LogP contribution in [0, 0.1) is 6.92 Å². The minimum Gasteiger partial charge on any atom is -0.337 e. The number of aromatic nitrogens is 4. The van der Waals surface area contributed by atoms with Crippen LogP contribution in [0.3, 0.4) is 0 Å². The van der Waals surface area contributed by atoms with Crippen molar-refractivity contribution in [2.24, 2.45) is 0 Å². The van der Waals surface area contributed by atoms with Gasteiger partial charge in [0, 0.05) is 62.6 Å². The summed E-state index contributed by atoms with van der Waals surface area (Å²) in [7, 11) is 0. The first kappa shape index (κ1) is 18.2. The van der Waals surface area contributed by atoms with Crippen molar-refractivity contribution in [1.82, 2.24) is 19.9 Å². The molecular weight excluding hydrogens is 350 g/mol. The van der Waals surface area contributed by atoms with Gasteiger partial charge in [-0.15, -0.1) is 0 Å². The Bertz CT molecular complexity index is 893. The third-order valence-corrected chi connectivity index (χ3v) is 4.89. The fourth-order valence-corrected chi connectivity index (χ4v) is 3.46. The van der Waals surface area contributed by atoms with Crippen LogP contribution in [0.2, 0.25) is 0 Å². The highest BCUT2D eigenvalue weighted by atomic mass is 15.4. The van der Waals surface area contributed by atoms with Crippen LogP contribution in [0.15, 0.2) is 54.9 Å². The number of benzene rings is 1. The highest BCUT2D eigenvalue weighted by Gasteiger charge is 2.22. The zero-order valence-electron chi connectivity index (χ0n) is 16.4. The van der Waals surface area contributed by atoms with E-state index in [1.54, 1.807) is 12.4 Å². The van der Waals surface area contributed by atoms with Gasteiger partial charge in [-0.2, -0.15) is 4.98 Å². The maximum absolute atomic E-state index is 4.89. The van der Waals surface area contributed by atoms with Gasteiger partial charge in [0.15, 0.2) is 0 Å². The number of hydrogen-bond donors (Lipinski definition) is 0. The van der Waals surface area contributed by atoms with Crippen LogP contribution in [0.5, 0.6) is 0 Å². The Morgan fingerprint density at radius 1 is 0.857 bits per heavy atom. The molecule has 1 aromatic carbocycles. The summed E-state index contributed by atoms with van der Waals surface area (Å²) in [5.41, 5.74) is 2.11. The molecule has 0 aliphatic carbocycles. The molecule has 7 heteroatoms. The first-order chi connectivity index (χ1) is 13.7. The lowest BCUT2D eigenvalue weighted by molar-refractivity contribution is 0.627. The van der Waals surface area contributed by atoms with Crippen molar-refractivity contribution in [3.05, 3.63) is 60.6 Å². The molecule has 3 heterocycles. The van der Waals surface area contributed by atoms with Gasteiger partial charge in [0.25, 0.3) is 0 Å². The van der Waals surface area contributed by atoms with Crippen molar-refractivity contribution in [3.8, 4) is 0 Å². The second kappa shape index (κ2) is 8.21. The van der Waals surface area contributed by atoms with Crippen molar-refractivity contribution in [2.75, 3.05) is 47.4 Å². The summed E-state index contributed by atoms with van der Waals surface area (Å²) in [6, 6.07) is 14.3. The van der Waals surface area contributed by atoms with Gasteiger partial charge in [0.1, 0.15) is 5.82 Å². The average Bonchev–Trinajstić information content (AvgIpc) is 2.75. The van der Waals surface area contributed by atoms with Crippen LogP contribution in [0.1, 0.15) is 12.6 Å². The Kier molecular flexibility index (Phi) is 5.32. The van der Waals surface area contributed by atoms with Crippen LogP contribution in [0.4, 0.5) is 23.4 Å². The largest absolute Gasteiger partial charge is 0.337 e. The van der Waals surface area contributed by atoms with E-state index in [0.717, 1.165) is 61.8 Å². The van der Waals surface area contributed by atoms with E-state index >= 15 is 0 Å². The number of para-hydroxylation sites is 1. The van der Waals surface area contributed by atoms with E-state index < -0.39 is 0 Å². The number of anilines is 4. The topological polar surface area (TPSA) is 61.3 Å². The minimum absolute atomic E-state index is 0.786. The number of nitrogens with zero attached hydrogens (tertiary/aromatic N) is 7. The number of rotatable bonds is 5. The first-order valence-electron chi connectivity index (χ1n) is 9.70. The maximum atomic E-state index is 4.89. The lowest BCUT2D eigenvalue weighted by Crippen LogP contribution is -2.47. The molecule has 0 unspecified atom stereocenters. The average molecular weight is 375 g/mol. The molecule has 0 N–H and O–H groups in total. The van der Waals surface area contributed by atoms with Gasteiger partial charge in [-0.05, 0) is 32.0 Å². The number of hydrogen-bond acceptors (Lipinski definition) is 7. The molecule has 1 aliphatic heterocycles. The maximum Gasteiger partial charge on any atom is 0.227 e. The van der Waals surface area contributed by atoms with Crippen molar-refractivity contribution in [1.29, 1.82) is 0 Å². The van der Waals surface area contributed by atoms with E-state index in [0.29, 0.717) is 0 Å². The molecule has 4 rings (SSSR count). The van der Waals surface area contributed by atoms with Crippen molar-refractivity contribution in [3.63, 3.8) is 0 Å². The third kappa shape index (κ3) is 3.88. The molecule has 3 aromatic rings. The molecule has 1 aliphatic rings. The SMILES string of the molecule is CCN(c1ccccc1)c1cc(C)nc(N2CCN(c3ncccn3)CC2)n1. The molecule has 0 radical (unpaired) electrons. The fourth-order valence-electron chi connectivity index (χ4n) is 3.46. The van der Waals surface area contributed by atoms with Gasteiger partial charge in [-0.1, -0.05) is 18.2 Å². The van der Waals surface area contributed by atoms with E-state index in [1.807, 2.05) is 25.1 Å². The molecule has 0 amide bonds. The second-order valence-corrected chi connectivity index (χ2v) is 6.77. The van der Waals surface area contributed by atoms with Gasteiger partial charge in [-0.3, -0.25) is 0 Å². The van der Waals surface area contributed by atoms with Gasteiger partial charge < -0.3 is 14.7 Å². The Morgan fingerprint density at radius 3 is 2.14 bits per heavy atom. The predicted octanol–water partition coefficient (Wildman–Crippen LogP) is 3.06. The van der Waals surface area contributed by atoms with Crippen LogP contribution < -0.4 is 14.7 Å². The molecule has 144 valence electrons. The fraction of sp³-hybridized carbons (Fsp3) is 0.333. The summed E-state index contributed by atoms with van der Waals surface area (Å²) in [6.45, 7) is 8.42. The summed E-state index contributed by atoms with van der Waals surface area (Å²) in [6.07, 6.45) is 3.57. The summed E-state index contributed by atoms with van der Waals surface area (Å²) < 4.78 is 0. The molecule has 1 fully saturated rings. The van der Waals surface area contributed by atoms with Crippen LogP contribution in [-0.2, 0) is 0 Å². The molecule has 28 heavy (non-hydrogen) atoms. The normalized spacial score (nSPS) is 14.2. The summed E-state index contributed by atoms with van der Waals surface area (Å²) in [5, 5.41) is 0. The summed E-state index contributed by atoms with van der Waals surface area (Å²) in [4.78, 5) is 25.0. The summed E-state index contributed by atoms with van der Waals surface area (Å²) >= 11 is 0. The molecular formula is C21H25N7. The van der Waals surface area contributed by atoms with Crippen molar-refractivity contribution in [2.45, 2.75) is 13.8 Å². The minimum atomic E-state index is 0.786. The lowest BCUT2D eigenvalue weighted by Gasteiger charge is -2.35. The predicted molar refractivity (Wildman–Crippen MR) is 112 cm³/mol. The number of aryl methyl sites for hydroxylation is 1. The van der Waals surface area contributed by atoms with Crippen molar-refractivity contribution < 1.29 is 0 Å². The zero-order valence-corrected chi connectivity index (χ0v) is 16.4. The molecule has 0 bridgehead atoms. The van der Waals surface area contributed by atoms with Crippen molar-refractivity contribution >= 4 is 23.4 Å². The summed E-state index contributed by atoms with van der Waals surface area (Å²) in [5.74, 6) is 2.51. The standard InChI is InChI=1S/C21H25N7/c1-3-28(18-8-5-4-6-9-18)19-16-17(2)24-21(25-19)27-14-12-26(13-15-27)20-22-10-7-11-23-20/h4-11,16H,3,12-15H2,1-2H3. The zero-order chi connectivity index (χ0) is 19.3. The molecule has 0 saturated carbocycles. The lowest BCUT2D eigenvalue weighted by atomic mass is 10.2. The monoisotopic (exact) mass is 375 g/mol. The van der Waals surface area contributed by atoms with Gasteiger partial charge in [0.05, 0.1) is 0 Å². The van der Waals surface area contributed by atoms with Gasteiger partial charge >= 0.3 is 0 Å². The van der Waals surface area contributed by atoms with E-state index in [2.05, 4.69) is 55.9 Å². The third-order valence-electron chi connectivity index (χ3n) is 4.89. The van der Waals surface area contributed by atoms with E-state index in [4.69, 9.17) is 9.97 Å². The molecule has 1 saturated heterocycles. The molecule has 7 nitrogen and oxygen atoms in total. The first-order valence-corrected chi connectivity index (χ1v) is 9.70. The smallest absolute Gasteiger partial charge is 0.227 e. The van der Waals surface area contributed by atoms with Crippen LogP contribution in [0.25, 0.3) is 0 Å². The number of piperazine rings is 1. The Morgan fingerprint density at radius 2 is 1.50 bits per heavy atom. The molecule has 2 aromatic heterocycles. The van der Waals surface area contributed by atoms with Gasteiger partial charge in [0.2, 0.25) is 11.9 Å². The molecule has 0 atom stereocenters. The second-order valence-electron chi connectivity index (χ2n) is 6.77.